The molecule has 5 heteroatoms. The van der Waals surface area contributed by atoms with Gasteiger partial charge in [-0.3, -0.25) is 4.79 Å². The van der Waals surface area contributed by atoms with Gasteiger partial charge in [0.15, 0.2) is 0 Å². The normalized spacial score (nSPS) is 21.9. The summed E-state index contributed by atoms with van der Waals surface area (Å²) in [6.45, 7) is 0.477. The molecule has 4 nitrogen and oxygen atoms in total. The lowest BCUT2D eigenvalue weighted by molar-refractivity contribution is -0.117. The summed E-state index contributed by atoms with van der Waals surface area (Å²) in [6, 6.07) is 11.5. The number of carbonyl (C=O) groups excluding carboxylic acids is 1. The molecule has 104 valence electrons. The molecule has 1 aromatic heterocycles. The Bertz CT molecular complexity index is 598. The Morgan fingerprint density at radius 1 is 1.30 bits per heavy atom. The molecule has 2 unspecified atom stereocenters. The minimum atomic E-state index is -0.432. The second-order valence-electron chi connectivity index (χ2n) is 4.86. The molecule has 3 N–H and O–H groups in total. The van der Waals surface area contributed by atoms with Gasteiger partial charge in [-0.1, -0.05) is 24.3 Å². The zero-order valence-corrected chi connectivity index (χ0v) is 11.7. The number of carbonyl (C=O) groups is 1. The van der Waals surface area contributed by atoms with Crippen LogP contribution in [0.15, 0.2) is 41.8 Å². The number of rotatable bonds is 3. The number of benzene rings is 1. The van der Waals surface area contributed by atoms with Gasteiger partial charge in [-0.25, -0.2) is 0 Å². The number of aliphatic hydroxyl groups is 1. The number of para-hydroxylation sites is 1. The minimum absolute atomic E-state index is 0.0921. The van der Waals surface area contributed by atoms with Crippen molar-refractivity contribution in [3.63, 3.8) is 0 Å². The van der Waals surface area contributed by atoms with Crippen molar-refractivity contribution in [1.82, 2.24) is 5.32 Å². The highest BCUT2D eigenvalue weighted by Gasteiger charge is 2.28. The van der Waals surface area contributed by atoms with Gasteiger partial charge in [-0.2, -0.15) is 0 Å². The third kappa shape index (κ3) is 2.75. The van der Waals surface area contributed by atoms with Crippen LogP contribution >= 0.6 is 11.3 Å². The Labute approximate surface area is 121 Å². The molecule has 20 heavy (non-hydrogen) atoms. The van der Waals surface area contributed by atoms with Crippen LogP contribution in [0.2, 0.25) is 0 Å². The Kier molecular flexibility index (Phi) is 3.82. The van der Waals surface area contributed by atoms with Gasteiger partial charge in [0.05, 0.1) is 12.1 Å². The smallest absolute Gasteiger partial charge is 0.241 e. The van der Waals surface area contributed by atoms with E-state index >= 15 is 0 Å². The minimum Gasteiger partial charge on any atom is -0.392 e. The van der Waals surface area contributed by atoms with Crippen molar-refractivity contribution in [3.05, 3.63) is 41.8 Å². The van der Waals surface area contributed by atoms with Crippen LogP contribution in [-0.4, -0.2) is 29.7 Å². The van der Waals surface area contributed by atoms with E-state index in [0.29, 0.717) is 13.0 Å². The molecular formula is C15H16N2O2S. The van der Waals surface area contributed by atoms with Crippen LogP contribution in [-0.2, 0) is 4.79 Å². The van der Waals surface area contributed by atoms with Crippen LogP contribution in [0, 0.1) is 0 Å². The fourth-order valence-electron chi connectivity index (χ4n) is 2.38. The number of hydrogen-bond acceptors (Lipinski definition) is 4. The summed E-state index contributed by atoms with van der Waals surface area (Å²) in [6.07, 6.45) is 0.0331. The van der Waals surface area contributed by atoms with Crippen molar-refractivity contribution in [1.29, 1.82) is 0 Å². The average Bonchev–Trinajstić information content (AvgIpc) is 3.10. The fourth-order valence-corrected chi connectivity index (χ4v) is 3.14. The van der Waals surface area contributed by atoms with Crippen LogP contribution < -0.4 is 10.6 Å². The van der Waals surface area contributed by atoms with Crippen molar-refractivity contribution < 1.29 is 9.90 Å². The number of thiophene rings is 1. The predicted molar refractivity (Wildman–Crippen MR) is 80.8 cm³/mol. The van der Waals surface area contributed by atoms with Crippen molar-refractivity contribution >= 4 is 22.9 Å². The Morgan fingerprint density at radius 3 is 2.85 bits per heavy atom. The first kappa shape index (κ1) is 13.3. The molecule has 0 bridgehead atoms. The zero-order chi connectivity index (χ0) is 13.9. The van der Waals surface area contributed by atoms with Gasteiger partial charge in [-0.15, -0.1) is 11.3 Å². The van der Waals surface area contributed by atoms with E-state index in [4.69, 9.17) is 0 Å². The molecular weight excluding hydrogens is 272 g/mol. The van der Waals surface area contributed by atoms with E-state index in [-0.39, 0.29) is 11.9 Å². The number of nitrogens with one attached hydrogen (secondary N) is 2. The number of β-amino-alcohol motifs (C(OH)–C–C–N with tert-alkyl or cyclic N) is 1. The molecule has 0 aliphatic carbocycles. The molecule has 2 atom stereocenters. The first-order valence-corrected chi connectivity index (χ1v) is 7.47. The molecule has 0 radical (unpaired) electrons. The lowest BCUT2D eigenvalue weighted by Crippen LogP contribution is -2.35. The van der Waals surface area contributed by atoms with Crippen LogP contribution in [0.5, 0.6) is 0 Å². The molecule has 1 aromatic carbocycles. The van der Waals surface area contributed by atoms with Crippen molar-refractivity contribution in [2.45, 2.75) is 18.6 Å². The Balaban J connectivity index is 1.79. The van der Waals surface area contributed by atoms with Gasteiger partial charge < -0.3 is 15.7 Å². The predicted octanol–water partition coefficient (Wildman–Crippen LogP) is 2.08. The molecule has 0 spiro atoms. The molecule has 2 heterocycles. The summed E-state index contributed by atoms with van der Waals surface area (Å²) in [4.78, 5) is 13.3. The van der Waals surface area contributed by atoms with Gasteiger partial charge in [-0.05, 0) is 23.9 Å². The van der Waals surface area contributed by atoms with Crippen LogP contribution in [0.4, 0.5) is 5.69 Å². The van der Waals surface area contributed by atoms with Gasteiger partial charge in [0, 0.05) is 22.7 Å². The highest BCUT2D eigenvalue weighted by Crippen LogP contribution is 2.31. The van der Waals surface area contributed by atoms with Gasteiger partial charge >= 0.3 is 0 Å². The number of hydrogen-bond donors (Lipinski definition) is 3. The van der Waals surface area contributed by atoms with Gasteiger partial charge in [0.2, 0.25) is 5.91 Å². The number of amides is 1. The topological polar surface area (TPSA) is 61.4 Å². The van der Waals surface area contributed by atoms with Crippen LogP contribution in [0.3, 0.4) is 0 Å². The molecule has 3 rings (SSSR count). The van der Waals surface area contributed by atoms with E-state index in [1.54, 1.807) is 11.3 Å². The standard InChI is InChI=1S/C15H16N2O2S/c18-10-8-13(16-9-10)15(19)17-12-5-2-1-4-11(12)14-6-3-7-20-14/h1-7,10,13,16,18H,8-9H2,(H,17,19). The maximum absolute atomic E-state index is 12.2. The quantitative estimate of drug-likeness (QED) is 0.810. The van der Waals surface area contributed by atoms with Gasteiger partial charge in [0.1, 0.15) is 0 Å². The van der Waals surface area contributed by atoms with E-state index in [0.717, 1.165) is 16.1 Å². The average molecular weight is 288 g/mol. The van der Waals surface area contributed by atoms with E-state index in [1.165, 1.54) is 0 Å². The molecule has 2 aromatic rings. The monoisotopic (exact) mass is 288 g/mol. The second-order valence-corrected chi connectivity index (χ2v) is 5.81. The summed E-state index contributed by atoms with van der Waals surface area (Å²) in [5.74, 6) is -0.0921. The first-order chi connectivity index (χ1) is 9.74. The summed E-state index contributed by atoms with van der Waals surface area (Å²) < 4.78 is 0. The summed E-state index contributed by atoms with van der Waals surface area (Å²) in [7, 11) is 0. The summed E-state index contributed by atoms with van der Waals surface area (Å²) >= 11 is 1.64. The van der Waals surface area contributed by atoms with Crippen molar-refractivity contribution in [2.24, 2.45) is 0 Å². The van der Waals surface area contributed by atoms with E-state index in [9.17, 15) is 9.90 Å². The number of anilines is 1. The van der Waals surface area contributed by atoms with Gasteiger partial charge in [0.25, 0.3) is 0 Å². The molecule has 1 amide bonds. The molecule has 1 aliphatic heterocycles. The summed E-state index contributed by atoms with van der Waals surface area (Å²) in [5.41, 5.74) is 1.83. The molecule has 1 aliphatic rings. The largest absolute Gasteiger partial charge is 0.392 e. The maximum Gasteiger partial charge on any atom is 0.241 e. The fraction of sp³-hybridized carbons (Fsp3) is 0.267. The maximum atomic E-state index is 12.2. The highest BCUT2D eigenvalue weighted by molar-refractivity contribution is 7.13. The Hall–Kier alpha value is -1.69. The molecule has 0 saturated carbocycles. The summed E-state index contributed by atoms with van der Waals surface area (Å²) in [5, 5.41) is 17.5. The third-order valence-corrected chi connectivity index (χ3v) is 4.30. The second kappa shape index (κ2) is 5.75. The van der Waals surface area contributed by atoms with E-state index in [2.05, 4.69) is 10.6 Å². The number of aliphatic hydroxyl groups excluding tert-OH is 1. The lowest BCUT2D eigenvalue weighted by Gasteiger charge is -2.13. The zero-order valence-electron chi connectivity index (χ0n) is 10.9. The van der Waals surface area contributed by atoms with Crippen LogP contribution in [0.25, 0.3) is 10.4 Å². The van der Waals surface area contributed by atoms with Crippen molar-refractivity contribution in [2.75, 3.05) is 11.9 Å². The van der Waals surface area contributed by atoms with E-state index in [1.807, 2.05) is 41.8 Å². The molecule has 1 fully saturated rings. The lowest BCUT2D eigenvalue weighted by atomic mass is 10.1. The third-order valence-electron chi connectivity index (χ3n) is 3.40. The molecule has 1 saturated heterocycles. The SMILES string of the molecule is O=C(Nc1ccccc1-c1cccs1)C1CC(O)CN1. The Morgan fingerprint density at radius 2 is 2.15 bits per heavy atom. The van der Waals surface area contributed by atoms with E-state index < -0.39 is 6.10 Å². The van der Waals surface area contributed by atoms with Crippen molar-refractivity contribution in [3.8, 4) is 10.4 Å². The first-order valence-electron chi connectivity index (χ1n) is 6.59. The van der Waals surface area contributed by atoms with Crippen LogP contribution in [0.1, 0.15) is 6.42 Å². The highest BCUT2D eigenvalue weighted by atomic mass is 32.1.